The Balaban J connectivity index is 1.49. The molecule has 162 valence electrons. The summed E-state index contributed by atoms with van der Waals surface area (Å²) in [7, 11) is 0. The number of nitrogens with one attached hydrogen (secondary N) is 2. The maximum Gasteiger partial charge on any atom is 0.234 e. The lowest BCUT2D eigenvalue weighted by Gasteiger charge is -2.12. The average molecular weight is 464 g/mol. The highest BCUT2D eigenvalue weighted by molar-refractivity contribution is 7.99. The SMILES string of the molecule is Cc1cccc(NCc2nnc(SCC(=O)Nc3cccc(Cl)c3)n2-c2ccccc2)c1. The molecule has 3 aromatic carbocycles. The maximum absolute atomic E-state index is 12.4. The second-order valence-corrected chi connectivity index (χ2v) is 8.52. The third kappa shape index (κ3) is 5.69. The Labute approximate surface area is 196 Å². The molecule has 0 radical (unpaired) electrons. The molecule has 0 aliphatic heterocycles. The van der Waals surface area contributed by atoms with Gasteiger partial charge in [0.2, 0.25) is 5.91 Å². The van der Waals surface area contributed by atoms with E-state index in [0.29, 0.717) is 22.4 Å². The fourth-order valence-corrected chi connectivity index (χ4v) is 4.14. The third-order valence-corrected chi connectivity index (χ3v) is 5.79. The van der Waals surface area contributed by atoms with Gasteiger partial charge in [-0.2, -0.15) is 0 Å². The van der Waals surface area contributed by atoms with Crippen molar-refractivity contribution in [1.29, 1.82) is 0 Å². The number of hydrogen-bond acceptors (Lipinski definition) is 5. The molecule has 0 saturated heterocycles. The Morgan fingerprint density at radius 1 is 0.969 bits per heavy atom. The predicted molar refractivity (Wildman–Crippen MR) is 131 cm³/mol. The Kier molecular flexibility index (Phi) is 7.09. The molecular formula is C24H22ClN5OS. The number of hydrogen-bond donors (Lipinski definition) is 2. The second-order valence-electron chi connectivity index (χ2n) is 7.14. The first-order valence-electron chi connectivity index (χ1n) is 10.1. The van der Waals surface area contributed by atoms with Gasteiger partial charge in [0.15, 0.2) is 11.0 Å². The minimum atomic E-state index is -0.140. The number of amides is 1. The molecule has 4 aromatic rings. The molecule has 0 bridgehead atoms. The van der Waals surface area contributed by atoms with E-state index in [2.05, 4.69) is 39.9 Å². The lowest BCUT2D eigenvalue weighted by atomic mass is 10.2. The van der Waals surface area contributed by atoms with Crippen molar-refractivity contribution < 1.29 is 4.79 Å². The topological polar surface area (TPSA) is 71.8 Å². The molecule has 0 fully saturated rings. The minimum absolute atomic E-state index is 0.140. The van der Waals surface area contributed by atoms with Crippen LogP contribution in [0.1, 0.15) is 11.4 Å². The van der Waals surface area contributed by atoms with Gasteiger partial charge in [0.05, 0.1) is 12.3 Å². The number of benzene rings is 3. The van der Waals surface area contributed by atoms with Crippen LogP contribution >= 0.6 is 23.4 Å². The van der Waals surface area contributed by atoms with Crippen molar-refractivity contribution >= 4 is 40.6 Å². The van der Waals surface area contributed by atoms with Gasteiger partial charge in [0, 0.05) is 22.1 Å². The van der Waals surface area contributed by atoms with Crippen molar-refractivity contribution in [2.45, 2.75) is 18.6 Å². The molecule has 0 atom stereocenters. The van der Waals surface area contributed by atoms with Crippen LogP contribution in [0.25, 0.3) is 5.69 Å². The fraction of sp³-hybridized carbons (Fsp3) is 0.125. The Morgan fingerprint density at radius 2 is 1.75 bits per heavy atom. The number of rotatable bonds is 8. The molecule has 0 unspecified atom stereocenters. The van der Waals surface area contributed by atoms with Gasteiger partial charge in [-0.05, 0) is 55.0 Å². The largest absolute Gasteiger partial charge is 0.378 e. The van der Waals surface area contributed by atoms with Crippen LogP contribution in [0.2, 0.25) is 5.02 Å². The molecule has 2 N–H and O–H groups in total. The zero-order chi connectivity index (χ0) is 22.3. The molecule has 1 heterocycles. The molecule has 6 nitrogen and oxygen atoms in total. The molecule has 1 aromatic heterocycles. The van der Waals surface area contributed by atoms with Crippen LogP contribution in [0, 0.1) is 6.92 Å². The maximum atomic E-state index is 12.4. The first-order chi connectivity index (χ1) is 15.6. The van der Waals surface area contributed by atoms with E-state index in [-0.39, 0.29) is 11.7 Å². The summed E-state index contributed by atoms with van der Waals surface area (Å²) in [5.74, 6) is 0.817. The average Bonchev–Trinajstić information content (AvgIpc) is 3.20. The fourth-order valence-electron chi connectivity index (χ4n) is 3.17. The first kappa shape index (κ1) is 21.9. The van der Waals surface area contributed by atoms with Gasteiger partial charge in [-0.15, -0.1) is 10.2 Å². The molecule has 8 heteroatoms. The summed E-state index contributed by atoms with van der Waals surface area (Å²) in [5.41, 5.74) is 3.80. The van der Waals surface area contributed by atoms with Crippen LogP contribution in [-0.4, -0.2) is 26.4 Å². The number of carbonyl (C=O) groups is 1. The summed E-state index contributed by atoms with van der Waals surface area (Å²) in [6.07, 6.45) is 0. The number of para-hydroxylation sites is 1. The number of thioether (sulfide) groups is 1. The van der Waals surface area contributed by atoms with E-state index >= 15 is 0 Å². The third-order valence-electron chi connectivity index (χ3n) is 4.62. The van der Waals surface area contributed by atoms with E-state index in [1.54, 1.807) is 24.3 Å². The standard InChI is InChI=1S/C24H22ClN5OS/c1-17-7-5-9-19(13-17)26-15-22-28-29-24(30(22)21-11-3-2-4-12-21)32-16-23(31)27-20-10-6-8-18(25)14-20/h2-14,26H,15-16H2,1H3,(H,27,31). The van der Waals surface area contributed by atoms with Crippen LogP contribution in [0.5, 0.6) is 0 Å². The van der Waals surface area contributed by atoms with Gasteiger partial charge in [0.1, 0.15) is 0 Å². The number of anilines is 2. The normalized spacial score (nSPS) is 10.7. The van der Waals surface area contributed by atoms with Crippen molar-refractivity contribution in [1.82, 2.24) is 14.8 Å². The zero-order valence-electron chi connectivity index (χ0n) is 17.5. The summed E-state index contributed by atoms with van der Waals surface area (Å²) in [6.45, 7) is 2.56. The van der Waals surface area contributed by atoms with E-state index in [1.165, 1.54) is 17.3 Å². The lowest BCUT2D eigenvalue weighted by molar-refractivity contribution is -0.113. The smallest absolute Gasteiger partial charge is 0.234 e. The number of aryl methyl sites for hydroxylation is 1. The molecule has 4 rings (SSSR count). The van der Waals surface area contributed by atoms with E-state index in [9.17, 15) is 4.79 Å². The van der Waals surface area contributed by atoms with Gasteiger partial charge in [-0.25, -0.2) is 0 Å². The minimum Gasteiger partial charge on any atom is -0.378 e. The van der Waals surface area contributed by atoms with Crippen LogP contribution in [0.3, 0.4) is 0 Å². The highest BCUT2D eigenvalue weighted by Gasteiger charge is 2.16. The number of carbonyl (C=O) groups excluding carboxylic acids is 1. The predicted octanol–water partition coefficient (Wildman–Crippen LogP) is 5.57. The number of halogens is 1. The summed E-state index contributed by atoms with van der Waals surface area (Å²) in [4.78, 5) is 12.4. The zero-order valence-corrected chi connectivity index (χ0v) is 19.0. The summed E-state index contributed by atoms with van der Waals surface area (Å²) in [6, 6.07) is 25.1. The van der Waals surface area contributed by atoms with Crippen LogP contribution < -0.4 is 10.6 Å². The Bertz CT molecular complexity index is 1210. The van der Waals surface area contributed by atoms with E-state index in [4.69, 9.17) is 11.6 Å². The molecule has 0 saturated carbocycles. The Hall–Kier alpha value is -3.29. The summed E-state index contributed by atoms with van der Waals surface area (Å²) in [5, 5.41) is 16.2. The van der Waals surface area contributed by atoms with Crippen molar-refractivity contribution in [2.24, 2.45) is 0 Å². The summed E-state index contributed by atoms with van der Waals surface area (Å²) < 4.78 is 1.97. The first-order valence-corrected chi connectivity index (χ1v) is 11.4. The lowest BCUT2D eigenvalue weighted by Crippen LogP contribution is -2.15. The van der Waals surface area contributed by atoms with Crippen LogP contribution in [0.4, 0.5) is 11.4 Å². The van der Waals surface area contributed by atoms with E-state index < -0.39 is 0 Å². The monoisotopic (exact) mass is 463 g/mol. The van der Waals surface area contributed by atoms with Gasteiger partial charge in [-0.3, -0.25) is 9.36 Å². The number of aromatic nitrogens is 3. The van der Waals surface area contributed by atoms with Crippen LogP contribution in [0.15, 0.2) is 84.0 Å². The molecule has 0 spiro atoms. The highest BCUT2D eigenvalue weighted by atomic mass is 35.5. The van der Waals surface area contributed by atoms with Crippen LogP contribution in [-0.2, 0) is 11.3 Å². The second kappa shape index (κ2) is 10.3. The van der Waals surface area contributed by atoms with Gasteiger partial charge in [0.25, 0.3) is 0 Å². The molecule has 1 amide bonds. The molecule has 32 heavy (non-hydrogen) atoms. The van der Waals surface area contributed by atoms with Crippen molar-refractivity contribution in [2.75, 3.05) is 16.4 Å². The number of nitrogens with zero attached hydrogens (tertiary/aromatic N) is 3. The van der Waals surface area contributed by atoms with Crippen molar-refractivity contribution in [3.63, 3.8) is 0 Å². The quantitative estimate of drug-likeness (QED) is 0.334. The Morgan fingerprint density at radius 3 is 2.53 bits per heavy atom. The highest BCUT2D eigenvalue weighted by Crippen LogP contribution is 2.23. The molecule has 0 aliphatic rings. The van der Waals surface area contributed by atoms with Gasteiger partial charge in [-0.1, -0.05) is 59.8 Å². The van der Waals surface area contributed by atoms with E-state index in [0.717, 1.165) is 17.2 Å². The van der Waals surface area contributed by atoms with Crippen molar-refractivity contribution in [3.8, 4) is 5.69 Å². The molecular weight excluding hydrogens is 442 g/mol. The van der Waals surface area contributed by atoms with Gasteiger partial charge >= 0.3 is 0 Å². The van der Waals surface area contributed by atoms with Crippen molar-refractivity contribution in [3.05, 3.63) is 95.3 Å². The van der Waals surface area contributed by atoms with Gasteiger partial charge < -0.3 is 10.6 Å². The molecule has 0 aliphatic carbocycles. The summed E-state index contributed by atoms with van der Waals surface area (Å²) >= 11 is 7.33. The van der Waals surface area contributed by atoms with E-state index in [1.807, 2.05) is 47.0 Å².